The van der Waals surface area contributed by atoms with E-state index in [1.165, 1.54) is 26.4 Å². The Bertz CT molecular complexity index is 1190. The van der Waals surface area contributed by atoms with Crippen molar-refractivity contribution < 1.29 is 28.7 Å². The van der Waals surface area contributed by atoms with Gasteiger partial charge >= 0.3 is 11.9 Å². The molecule has 2 aromatic rings. The highest BCUT2D eigenvalue weighted by Crippen LogP contribution is 2.53. The molecule has 5 rings (SSSR count). The minimum atomic E-state index is -0.952. The summed E-state index contributed by atoms with van der Waals surface area (Å²) in [5.74, 6) is -3.98. The largest absolute Gasteiger partial charge is 0.467 e. The topological polar surface area (TPSA) is 93.2 Å². The number of amides is 2. The van der Waals surface area contributed by atoms with Crippen LogP contribution in [0.25, 0.3) is 6.08 Å². The number of hydrogen-bond donors (Lipinski definition) is 0. The van der Waals surface area contributed by atoms with Crippen LogP contribution in [0.4, 0.5) is 5.69 Å². The van der Waals surface area contributed by atoms with Gasteiger partial charge in [0.15, 0.2) is 0 Å². The quantitative estimate of drug-likeness (QED) is 0.542. The number of methoxy groups -OCH3 is 2. The van der Waals surface area contributed by atoms with Gasteiger partial charge in [-0.3, -0.25) is 9.59 Å². The van der Waals surface area contributed by atoms with Crippen molar-refractivity contribution in [3.8, 4) is 0 Å². The first kappa shape index (κ1) is 20.0. The van der Waals surface area contributed by atoms with Gasteiger partial charge in [0.1, 0.15) is 6.04 Å². The first-order chi connectivity index (χ1) is 15.5. The highest BCUT2D eigenvalue weighted by atomic mass is 16.5. The van der Waals surface area contributed by atoms with Crippen LogP contribution in [0.15, 0.2) is 54.7 Å². The second-order valence-electron chi connectivity index (χ2n) is 7.88. The van der Waals surface area contributed by atoms with Gasteiger partial charge in [-0.25, -0.2) is 14.5 Å². The summed E-state index contributed by atoms with van der Waals surface area (Å²) in [5.41, 5.74) is 2.04. The number of imide groups is 1. The Kier molecular flexibility index (Phi) is 4.58. The summed E-state index contributed by atoms with van der Waals surface area (Å²) in [7, 11) is 2.50. The lowest BCUT2D eigenvalue weighted by molar-refractivity contribution is -0.148. The first-order valence-corrected chi connectivity index (χ1v) is 10.2. The van der Waals surface area contributed by atoms with Gasteiger partial charge in [-0.15, -0.1) is 0 Å². The fraction of sp³-hybridized carbons (Fsp3) is 0.250. The molecule has 2 fully saturated rings. The summed E-state index contributed by atoms with van der Waals surface area (Å²) in [5, 5.41) is 0. The molecule has 3 aliphatic heterocycles. The number of benzene rings is 2. The zero-order valence-electron chi connectivity index (χ0n) is 17.4. The smallest absolute Gasteiger partial charge is 0.339 e. The molecule has 2 aromatic carbocycles. The molecule has 32 heavy (non-hydrogen) atoms. The van der Waals surface area contributed by atoms with Crippen molar-refractivity contribution in [2.24, 2.45) is 11.8 Å². The van der Waals surface area contributed by atoms with Gasteiger partial charge in [-0.2, -0.15) is 0 Å². The molecule has 2 amide bonds. The number of carbonyl (C=O) groups excluding carboxylic acids is 4. The fourth-order valence-electron chi connectivity index (χ4n) is 5.14. The lowest BCUT2D eigenvalue weighted by atomic mass is 9.84. The second kappa shape index (κ2) is 7.33. The van der Waals surface area contributed by atoms with Crippen LogP contribution in [0, 0.1) is 11.8 Å². The average molecular weight is 432 g/mol. The fourth-order valence-corrected chi connectivity index (χ4v) is 5.14. The Morgan fingerprint density at radius 3 is 2.31 bits per heavy atom. The number of nitrogens with zero attached hydrogens (tertiary/aromatic N) is 2. The van der Waals surface area contributed by atoms with Crippen molar-refractivity contribution in [3.63, 3.8) is 0 Å². The zero-order valence-corrected chi connectivity index (χ0v) is 17.4. The van der Waals surface area contributed by atoms with E-state index in [4.69, 9.17) is 9.47 Å². The molecule has 0 unspecified atom stereocenters. The van der Waals surface area contributed by atoms with E-state index in [0.717, 1.165) is 16.0 Å². The molecule has 2 saturated heterocycles. The van der Waals surface area contributed by atoms with Crippen LogP contribution in [0.3, 0.4) is 0 Å². The molecule has 0 bridgehead atoms. The number of para-hydroxylation sites is 1. The molecule has 0 N–H and O–H groups in total. The number of fused-ring (bicyclic) bond motifs is 5. The van der Waals surface area contributed by atoms with Crippen LogP contribution in [-0.2, 0) is 23.9 Å². The number of anilines is 1. The Labute approximate surface area is 184 Å². The van der Waals surface area contributed by atoms with Gasteiger partial charge < -0.3 is 14.4 Å². The second-order valence-corrected chi connectivity index (χ2v) is 7.88. The van der Waals surface area contributed by atoms with Gasteiger partial charge in [0.05, 0.1) is 43.3 Å². The van der Waals surface area contributed by atoms with E-state index in [2.05, 4.69) is 0 Å². The molecule has 8 nitrogen and oxygen atoms in total. The first-order valence-electron chi connectivity index (χ1n) is 10.2. The van der Waals surface area contributed by atoms with E-state index in [0.29, 0.717) is 0 Å². The summed E-state index contributed by atoms with van der Waals surface area (Å²) in [6.45, 7) is 0. The normalized spacial score (nSPS) is 25.3. The predicted octanol–water partition coefficient (Wildman–Crippen LogP) is 2.16. The zero-order chi connectivity index (χ0) is 22.6. The van der Waals surface area contributed by atoms with Gasteiger partial charge in [-0.1, -0.05) is 36.4 Å². The van der Waals surface area contributed by atoms with Gasteiger partial charge in [0.25, 0.3) is 0 Å². The number of ether oxygens (including phenoxy) is 2. The Balaban J connectivity index is 1.66. The van der Waals surface area contributed by atoms with Crippen LogP contribution in [-0.4, -0.2) is 48.9 Å². The standard InChI is InChI=1S/C24H20N2O6/c1-31-23(29)15-9-5-6-10-16(15)26-21(27)17-18(22(26)28)20(24(30)32-2)25-12-11-13-7-3-4-8-14(13)19(17)25/h3-12,17-20H,1-2H3/t17-,18+,19-,20+/m0/s1. The SMILES string of the molecule is COC(=O)c1ccccc1N1C(=O)[C@@H]2[C@H](C1=O)[C@@H]1c3ccccc3C=CN1[C@H]2C(=O)OC. The predicted molar refractivity (Wildman–Crippen MR) is 113 cm³/mol. The summed E-state index contributed by atoms with van der Waals surface area (Å²) in [4.78, 5) is 55.2. The summed E-state index contributed by atoms with van der Waals surface area (Å²) in [6, 6.07) is 12.4. The maximum absolute atomic E-state index is 13.7. The molecule has 0 aliphatic carbocycles. The average Bonchev–Trinajstić information content (AvgIpc) is 3.30. The third-order valence-corrected chi connectivity index (χ3v) is 6.45. The number of rotatable bonds is 3. The molecule has 4 atom stereocenters. The summed E-state index contributed by atoms with van der Waals surface area (Å²) >= 11 is 0. The van der Waals surface area contributed by atoms with Crippen LogP contribution in [0.5, 0.6) is 0 Å². The van der Waals surface area contributed by atoms with Crippen molar-refractivity contribution in [1.29, 1.82) is 0 Å². The third-order valence-electron chi connectivity index (χ3n) is 6.45. The van der Waals surface area contributed by atoms with Crippen LogP contribution < -0.4 is 4.90 Å². The van der Waals surface area contributed by atoms with Crippen molar-refractivity contribution in [2.75, 3.05) is 19.1 Å². The Morgan fingerprint density at radius 1 is 0.875 bits per heavy atom. The van der Waals surface area contributed by atoms with Crippen molar-refractivity contribution in [1.82, 2.24) is 4.90 Å². The third kappa shape index (κ3) is 2.62. The molecular weight excluding hydrogens is 412 g/mol. The highest BCUT2D eigenvalue weighted by molar-refractivity contribution is 6.25. The number of carbonyl (C=O) groups is 4. The van der Waals surface area contributed by atoms with E-state index in [9.17, 15) is 19.2 Å². The van der Waals surface area contributed by atoms with Crippen LogP contribution >= 0.6 is 0 Å². The van der Waals surface area contributed by atoms with Crippen molar-refractivity contribution in [2.45, 2.75) is 12.1 Å². The minimum absolute atomic E-state index is 0.104. The van der Waals surface area contributed by atoms with E-state index in [1.54, 1.807) is 23.2 Å². The molecule has 8 heteroatoms. The van der Waals surface area contributed by atoms with Gasteiger partial charge in [0.2, 0.25) is 11.8 Å². The molecule has 0 radical (unpaired) electrons. The minimum Gasteiger partial charge on any atom is -0.467 e. The van der Waals surface area contributed by atoms with Crippen molar-refractivity contribution in [3.05, 3.63) is 71.4 Å². The van der Waals surface area contributed by atoms with Crippen molar-refractivity contribution >= 4 is 35.5 Å². The summed E-state index contributed by atoms with van der Waals surface area (Å²) < 4.78 is 9.84. The molecule has 162 valence electrons. The van der Waals surface area contributed by atoms with E-state index in [1.807, 2.05) is 30.3 Å². The lowest BCUT2D eigenvalue weighted by Gasteiger charge is -2.34. The molecule has 3 heterocycles. The molecule has 0 saturated carbocycles. The lowest BCUT2D eigenvalue weighted by Crippen LogP contribution is -2.45. The van der Waals surface area contributed by atoms with Gasteiger partial charge in [-0.05, 0) is 29.3 Å². The molecular formula is C24H20N2O6. The van der Waals surface area contributed by atoms with Crippen LogP contribution in [0.2, 0.25) is 0 Å². The maximum Gasteiger partial charge on any atom is 0.339 e. The summed E-state index contributed by atoms with van der Waals surface area (Å²) in [6.07, 6.45) is 3.61. The maximum atomic E-state index is 13.7. The monoisotopic (exact) mass is 432 g/mol. The molecule has 0 spiro atoms. The number of esters is 2. The highest BCUT2D eigenvalue weighted by Gasteiger charge is 2.65. The molecule has 3 aliphatic rings. The van der Waals surface area contributed by atoms with Crippen LogP contribution in [0.1, 0.15) is 27.5 Å². The Hall–Kier alpha value is -3.94. The number of hydrogen-bond acceptors (Lipinski definition) is 7. The van der Waals surface area contributed by atoms with Gasteiger partial charge in [0, 0.05) is 6.20 Å². The Morgan fingerprint density at radius 2 is 1.56 bits per heavy atom. The van der Waals surface area contributed by atoms with E-state index < -0.39 is 47.7 Å². The van der Waals surface area contributed by atoms with E-state index in [-0.39, 0.29) is 11.3 Å². The van der Waals surface area contributed by atoms with E-state index >= 15 is 0 Å². The molecule has 0 aromatic heterocycles.